The molecule has 9 nitrogen and oxygen atoms in total. The second-order valence-corrected chi connectivity index (χ2v) is 9.15. The number of nitro benzene ring substituents is 1. The van der Waals surface area contributed by atoms with Crippen molar-refractivity contribution in [1.82, 2.24) is 4.57 Å². The van der Waals surface area contributed by atoms with Crippen LogP contribution in [0.4, 0.5) is 5.69 Å². The lowest BCUT2D eigenvalue weighted by atomic mass is 10.1. The summed E-state index contributed by atoms with van der Waals surface area (Å²) in [4.78, 5) is 23.3. The van der Waals surface area contributed by atoms with E-state index in [0.29, 0.717) is 16.3 Å². The number of hydrogen-bond donors (Lipinski definition) is 1. The second-order valence-electron chi connectivity index (χ2n) is 7.15. The van der Waals surface area contributed by atoms with Gasteiger partial charge in [-0.3, -0.25) is 14.9 Å². The minimum Gasteiger partial charge on any atom is -0.475 e. The van der Waals surface area contributed by atoms with Crippen LogP contribution in [0.3, 0.4) is 0 Å². The molecule has 2 aromatic carbocycles. The fraction of sp³-hybridized carbons (Fsp3) is 0.190. The summed E-state index contributed by atoms with van der Waals surface area (Å²) < 4.78 is 30.4. The summed E-state index contributed by atoms with van der Waals surface area (Å²) in [5, 5.41) is 17.0. The van der Waals surface area contributed by atoms with Gasteiger partial charge in [-0.25, -0.2) is 13.6 Å². The highest BCUT2D eigenvalue weighted by Crippen LogP contribution is 2.31. The van der Waals surface area contributed by atoms with Gasteiger partial charge in [0.25, 0.3) is 0 Å². The van der Waals surface area contributed by atoms with Gasteiger partial charge in [0.1, 0.15) is 0 Å². The van der Waals surface area contributed by atoms with Crippen LogP contribution in [0.2, 0.25) is 5.02 Å². The van der Waals surface area contributed by atoms with Crippen molar-refractivity contribution in [1.29, 1.82) is 0 Å². The molecular formula is C21H20ClN3O6S. The molecule has 32 heavy (non-hydrogen) atoms. The number of nitrogens with zero attached hydrogens (tertiary/aromatic N) is 2. The maximum Gasteiger partial charge on any atom is 0.312 e. The molecule has 168 valence electrons. The molecule has 1 atom stereocenters. The third-order valence-corrected chi connectivity index (χ3v) is 6.07. The Morgan fingerprint density at radius 1 is 1.16 bits per heavy atom. The number of hydrogen-bond acceptors (Lipinski definition) is 6. The second kappa shape index (κ2) is 8.73. The number of carbonyl (C=O) groups excluding carboxylic acids is 1. The van der Waals surface area contributed by atoms with Gasteiger partial charge in [-0.15, -0.1) is 0 Å². The number of ketones is 1. The number of Topliss-reactive ketones (excluding diaryl/α,β-unsaturated/α-hetero) is 1. The van der Waals surface area contributed by atoms with Gasteiger partial charge in [-0.05, 0) is 63.2 Å². The molecule has 0 saturated carbocycles. The van der Waals surface area contributed by atoms with Crippen LogP contribution >= 0.6 is 11.6 Å². The van der Waals surface area contributed by atoms with E-state index in [-0.39, 0.29) is 11.5 Å². The highest BCUT2D eigenvalue weighted by Gasteiger charge is 2.27. The van der Waals surface area contributed by atoms with Gasteiger partial charge >= 0.3 is 5.69 Å². The van der Waals surface area contributed by atoms with E-state index in [1.54, 1.807) is 25.1 Å². The Balaban J connectivity index is 1.92. The predicted octanol–water partition coefficient (Wildman–Crippen LogP) is 3.95. The van der Waals surface area contributed by atoms with E-state index in [1.807, 2.05) is 23.6 Å². The fourth-order valence-electron chi connectivity index (χ4n) is 3.38. The van der Waals surface area contributed by atoms with Crippen LogP contribution in [0, 0.1) is 24.0 Å². The zero-order valence-corrected chi connectivity index (χ0v) is 19.0. The van der Waals surface area contributed by atoms with Crippen molar-refractivity contribution in [3.05, 3.63) is 80.6 Å². The first kappa shape index (κ1) is 23.5. The first-order valence-electron chi connectivity index (χ1n) is 9.37. The predicted molar refractivity (Wildman–Crippen MR) is 119 cm³/mol. The summed E-state index contributed by atoms with van der Waals surface area (Å²) in [5.41, 5.74) is 2.09. The molecular weight excluding hydrogens is 458 g/mol. The summed E-state index contributed by atoms with van der Waals surface area (Å²) in [6.07, 6.45) is -1.08. The van der Waals surface area contributed by atoms with E-state index in [0.717, 1.165) is 29.6 Å². The molecule has 0 radical (unpaired) electrons. The molecule has 1 heterocycles. The molecule has 0 bridgehead atoms. The molecule has 0 saturated heterocycles. The number of primary sulfonamides is 1. The number of carbonyl (C=O) groups is 1. The van der Waals surface area contributed by atoms with Gasteiger partial charge in [0.2, 0.25) is 15.8 Å². The highest BCUT2D eigenvalue weighted by atomic mass is 35.5. The van der Waals surface area contributed by atoms with E-state index < -0.39 is 31.6 Å². The molecule has 0 aliphatic heterocycles. The average molecular weight is 478 g/mol. The van der Waals surface area contributed by atoms with Crippen LogP contribution in [0.15, 0.2) is 53.4 Å². The minimum atomic E-state index is -4.14. The number of aromatic nitrogens is 1. The molecule has 1 aromatic heterocycles. The maximum absolute atomic E-state index is 13.1. The average Bonchev–Trinajstić information content (AvgIpc) is 3.01. The molecule has 3 aromatic rings. The number of sulfonamides is 1. The molecule has 2 N–H and O–H groups in total. The molecule has 0 fully saturated rings. The van der Waals surface area contributed by atoms with Gasteiger partial charge in [0.15, 0.2) is 11.9 Å². The molecule has 0 aliphatic carbocycles. The van der Waals surface area contributed by atoms with Crippen LogP contribution in [-0.4, -0.2) is 29.8 Å². The van der Waals surface area contributed by atoms with Crippen molar-refractivity contribution in [2.75, 3.05) is 0 Å². The van der Waals surface area contributed by atoms with Crippen LogP contribution in [-0.2, 0) is 10.0 Å². The van der Waals surface area contributed by atoms with Crippen molar-refractivity contribution in [2.24, 2.45) is 5.14 Å². The number of ether oxygens (including phenoxy) is 1. The Kier molecular flexibility index (Phi) is 6.40. The summed E-state index contributed by atoms with van der Waals surface area (Å²) in [5.74, 6) is -0.627. The Morgan fingerprint density at radius 2 is 1.78 bits per heavy atom. The number of benzene rings is 2. The number of nitro groups is 1. The molecule has 11 heteroatoms. The van der Waals surface area contributed by atoms with Gasteiger partial charge in [-0.2, -0.15) is 0 Å². The summed E-state index contributed by atoms with van der Waals surface area (Å²) in [7, 11) is -4.14. The largest absolute Gasteiger partial charge is 0.475 e. The van der Waals surface area contributed by atoms with E-state index >= 15 is 0 Å². The fourth-order valence-corrected chi connectivity index (χ4v) is 4.04. The number of nitrogens with two attached hydrogens (primary N) is 1. The summed E-state index contributed by atoms with van der Waals surface area (Å²) >= 11 is 5.95. The van der Waals surface area contributed by atoms with Crippen LogP contribution < -0.4 is 9.88 Å². The number of halogens is 1. The van der Waals surface area contributed by atoms with E-state index in [2.05, 4.69) is 0 Å². The maximum atomic E-state index is 13.1. The van der Waals surface area contributed by atoms with E-state index in [9.17, 15) is 23.3 Å². The lowest BCUT2D eigenvalue weighted by Gasteiger charge is -2.15. The van der Waals surface area contributed by atoms with Crippen molar-refractivity contribution < 1.29 is 22.9 Å². The zero-order valence-electron chi connectivity index (χ0n) is 17.4. The first-order valence-corrected chi connectivity index (χ1v) is 11.3. The normalized spacial score (nSPS) is 12.4. The van der Waals surface area contributed by atoms with Crippen molar-refractivity contribution >= 4 is 33.1 Å². The highest BCUT2D eigenvalue weighted by molar-refractivity contribution is 7.89. The topological polar surface area (TPSA) is 135 Å². The minimum absolute atomic E-state index is 0.241. The van der Waals surface area contributed by atoms with E-state index in [4.69, 9.17) is 21.5 Å². The molecule has 0 amide bonds. The van der Waals surface area contributed by atoms with Crippen LogP contribution in [0.5, 0.6) is 5.75 Å². The van der Waals surface area contributed by atoms with Crippen molar-refractivity contribution in [2.45, 2.75) is 31.8 Å². The molecule has 0 aliphatic rings. The van der Waals surface area contributed by atoms with Gasteiger partial charge in [-0.1, -0.05) is 11.6 Å². The van der Waals surface area contributed by atoms with Crippen LogP contribution in [0.1, 0.15) is 28.7 Å². The first-order chi connectivity index (χ1) is 14.9. The Bertz CT molecular complexity index is 1320. The van der Waals surface area contributed by atoms with Crippen LogP contribution in [0.25, 0.3) is 5.69 Å². The number of rotatable bonds is 7. The SMILES string of the molecule is Cc1cc(C(=O)[C@H](C)Oc2ccc(S(N)(=O)=O)cc2[N+](=O)[O-])c(C)n1-c1ccc(Cl)cc1. The van der Waals surface area contributed by atoms with Crippen molar-refractivity contribution in [3.63, 3.8) is 0 Å². The quantitative estimate of drug-likeness (QED) is 0.311. The van der Waals surface area contributed by atoms with Gasteiger partial charge < -0.3 is 9.30 Å². The number of aryl methyl sites for hydroxylation is 1. The molecule has 3 rings (SSSR count). The Labute approximate surface area is 189 Å². The Morgan fingerprint density at radius 3 is 2.34 bits per heavy atom. The standard InChI is InChI=1S/C21H20ClN3O6S/c1-12-10-18(13(2)24(12)16-6-4-15(22)5-7-16)21(26)14(3)31-20-9-8-17(32(23,29)30)11-19(20)25(27)28/h4-11,14H,1-3H3,(H2,23,29,30)/t14-/m0/s1. The molecule has 0 unspecified atom stereocenters. The lowest BCUT2D eigenvalue weighted by Crippen LogP contribution is -2.25. The summed E-state index contributed by atoms with van der Waals surface area (Å²) in [6.45, 7) is 5.10. The lowest BCUT2D eigenvalue weighted by molar-refractivity contribution is -0.386. The monoisotopic (exact) mass is 477 g/mol. The zero-order chi connectivity index (χ0) is 23.8. The van der Waals surface area contributed by atoms with Gasteiger partial charge in [0.05, 0.1) is 9.82 Å². The smallest absolute Gasteiger partial charge is 0.312 e. The summed E-state index contributed by atoms with van der Waals surface area (Å²) in [6, 6.07) is 11.8. The van der Waals surface area contributed by atoms with Crippen molar-refractivity contribution in [3.8, 4) is 11.4 Å². The van der Waals surface area contributed by atoms with E-state index in [1.165, 1.54) is 6.92 Å². The molecule has 0 spiro atoms. The van der Waals surface area contributed by atoms with Gasteiger partial charge in [0, 0.05) is 33.7 Å². The third-order valence-electron chi connectivity index (χ3n) is 4.91. The third kappa shape index (κ3) is 4.67. The Hall–Kier alpha value is -3.21.